The van der Waals surface area contributed by atoms with E-state index in [0.29, 0.717) is 57.9 Å². The molecule has 3 unspecified atom stereocenters. The van der Waals surface area contributed by atoms with E-state index >= 15 is 0 Å². The molecule has 564 valence electrons. The van der Waals surface area contributed by atoms with Crippen LogP contribution in [0.1, 0.15) is 147 Å². The minimum atomic E-state index is -1.29. The van der Waals surface area contributed by atoms with Crippen LogP contribution in [0.15, 0.2) is 127 Å². The van der Waals surface area contributed by atoms with Gasteiger partial charge in [0.05, 0.1) is 50.1 Å². The van der Waals surface area contributed by atoms with E-state index in [4.69, 9.17) is 4.74 Å². The highest BCUT2D eigenvalue weighted by atomic mass is 16.5. The second kappa shape index (κ2) is 35.7. The molecule has 7 aromatic carbocycles. The molecule has 29 nitrogen and oxygen atoms in total. The van der Waals surface area contributed by atoms with E-state index in [2.05, 4.69) is 49.1 Å². The van der Waals surface area contributed by atoms with Gasteiger partial charge >= 0.3 is 5.97 Å². The van der Waals surface area contributed by atoms with Crippen LogP contribution in [0.25, 0.3) is 12.2 Å². The number of amides is 8. The fourth-order valence-corrected chi connectivity index (χ4v) is 13.6. The number of aromatic hydroxyl groups is 5. The largest absolute Gasteiger partial charge is 0.508 e. The van der Waals surface area contributed by atoms with Crippen LogP contribution in [0.2, 0.25) is 0 Å². The van der Waals surface area contributed by atoms with Crippen LogP contribution >= 0.6 is 0 Å². The fourth-order valence-electron chi connectivity index (χ4n) is 13.6. The van der Waals surface area contributed by atoms with Gasteiger partial charge in [-0.15, -0.1) is 0 Å². The maximum absolute atomic E-state index is 14.8. The number of ketones is 1. The second-order valence-corrected chi connectivity index (χ2v) is 26.7. The lowest BCUT2D eigenvalue weighted by molar-refractivity contribution is 0.0694. The minimum Gasteiger partial charge on any atom is -0.508 e. The van der Waals surface area contributed by atoms with E-state index in [9.17, 15) is 78.6 Å². The predicted octanol–water partition coefficient (Wildman–Crippen LogP) is 3.07. The molecular formula is C79H86N12O17. The first-order valence-corrected chi connectivity index (χ1v) is 35.8. The maximum Gasteiger partial charge on any atom is 0.336 e. The van der Waals surface area contributed by atoms with Gasteiger partial charge < -0.3 is 77.9 Å². The Labute approximate surface area is 621 Å². The highest BCUT2D eigenvalue weighted by Gasteiger charge is 2.30. The summed E-state index contributed by atoms with van der Waals surface area (Å²) in [5.41, 5.74) is -0.202. The van der Waals surface area contributed by atoms with Gasteiger partial charge in [0.15, 0.2) is 5.78 Å². The molecule has 7 aromatic rings. The molecule has 5 aliphatic heterocycles. The number of nitrogens with zero attached hydrogens (tertiary/aromatic N) is 4. The zero-order chi connectivity index (χ0) is 76.5. The van der Waals surface area contributed by atoms with Gasteiger partial charge in [0.2, 0.25) is 0 Å². The van der Waals surface area contributed by atoms with Gasteiger partial charge in [0.25, 0.3) is 47.3 Å². The lowest BCUT2D eigenvalue weighted by Gasteiger charge is -2.31. The zero-order valence-electron chi connectivity index (χ0n) is 59.3. The normalized spacial score (nSPS) is 19.8. The van der Waals surface area contributed by atoms with Gasteiger partial charge in [0, 0.05) is 165 Å². The summed E-state index contributed by atoms with van der Waals surface area (Å²) in [5, 5.41) is 91.7. The number of carboxylic acid groups (broad SMARTS) is 1. The molecule has 0 saturated carbocycles. The molecule has 12 bridgehead atoms. The molecule has 0 spiro atoms. The topological polar surface area (TPSA) is 411 Å². The third-order valence-electron chi connectivity index (χ3n) is 19.4. The SMILES string of the molecule is C=c1ccc2c(c1)Oc1cc(O)ccc1C=2c1ccc(C(=O)CCCCCC2CN3CCNC(=O)c4cccc(c4O)C(=O)NCCN(CCNC(=O)c4cccc(c4O)C(=O)N2)CCN2CCNC(=O)c4cccc(c4O)C(=O)NCCN(CCNC(=O)c4cccc(c4O)C(=O)NCC2)CC3)cc1C(=O)O. The van der Waals surface area contributed by atoms with Crippen LogP contribution in [0.5, 0.6) is 40.2 Å². The Morgan fingerprint density at radius 1 is 0.398 bits per heavy atom. The number of phenols is 5. The van der Waals surface area contributed by atoms with Gasteiger partial charge in [-0.1, -0.05) is 68.0 Å². The monoisotopic (exact) mass is 1470 g/mol. The lowest BCUT2D eigenvalue weighted by atomic mass is 9.88. The van der Waals surface area contributed by atoms with Crippen LogP contribution in [-0.2, 0) is 0 Å². The van der Waals surface area contributed by atoms with Gasteiger partial charge in [-0.05, 0) is 96.4 Å². The Balaban J connectivity index is 0.922. The van der Waals surface area contributed by atoms with Crippen molar-refractivity contribution in [3.63, 3.8) is 0 Å². The molecule has 12 rings (SSSR count). The third kappa shape index (κ3) is 18.9. The number of unbranched alkanes of at least 4 members (excludes halogenated alkanes) is 2. The molecule has 8 amide bonds. The minimum absolute atomic E-state index is 0.00245. The van der Waals surface area contributed by atoms with Gasteiger partial charge in [-0.3, -0.25) is 62.8 Å². The second-order valence-electron chi connectivity index (χ2n) is 26.7. The number of fused-ring (bicyclic) bond motifs is 18. The predicted molar refractivity (Wildman–Crippen MR) is 398 cm³/mol. The quantitative estimate of drug-likeness (QED) is 0.0729. The van der Waals surface area contributed by atoms with Crippen molar-refractivity contribution >= 4 is 71.2 Å². The van der Waals surface area contributed by atoms with Crippen molar-refractivity contribution in [2.24, 2.45) is 0 Å². The molecule has 5 heterocycles. The molecule has 0 aliphatic carbocycles. The highest BCUT2D eigenvalue weighted by Crippen LogP contribution is 2.39. The molecule has 3 atom stereocenters. The summed E-state index contributed by atoms with van der Waals surface area (Å²) in [6.45, 7) is 5.24. The summed E-state index contributed by atoms with van der Waals surface area (Å²) in [6, 6.07) is 30.3. The number of ether oxygens (including phenoxy) is 1. The number of rotatable bonds is 9. The molecule has 0 fully saturated rings. The molecule has 0 aromatic heterocycles. The number of benzene rings is 7. The van der Waals surface area contributed by atoms with Gasteiger partial charge in [-0.2, -0.15) is 0 Å². The number of nitrogens with one attached hydrogen (secondary N) is 8. The summed E-state index contributed by atoms with van der Waals surface area (Å²) < 4.78 is 6.14. The van der Waals surface area contributed by atoms with E-state index in [1.54, 1.807) is 36.4 Å². The number of carboxylic acids is 1. The number of carbonyl (C=O) groups is 10. The van der Waals surface area contributed by atoms with Crippen molar-refractivity contribution in [2.75, 3.05) is 124 Å². The standard InChI is InChI=1S/C79H86N12O17/c1-47-19-22-52-64(43-47)108-65-45-50(92)21-24-53(65)66(52)51-23-20-48(44-62(51)79(106)107)63(93)18-4-2-3-9-49-46-91-38-31-86-76(103)59-15-7-14-58(69(59)96)73(100)82-27-34-89(35-28-85-77(104)60-16-8-17-61(70(60)97)78(105)87-49)40-39-88-32-25-80-71(98)54-10-5-12-56(67(54)94)74(101)83-29-36-90(41-42-91)37-30-84-75(102)57-13-6-11-55(68(57)95)72(99)81-26-33-88/h5-8,10-17,19-24,43-45,49,92,94-97H,1-4,9,18,25-42,46H2,(H,80,98)(H,81,99)(H,82,100)(H,83,101)(H,84,102)(H,85,104)(H,86,103)(H,87,105)(H,106,107). The zero-order valence-corrected chi connectivity index (χ0v) is 59.3. The summed E-state index contributed by atoms with van der Waals surface area (Å²) in [7, 11) is 0. The van der Waals surface area contributed by atoms with Crippen LogP contribution in [0, 0.1) is 0 Å². The Hall–Kier alpha value is -12.2. The number of carbonyl (C=O) groups excluding carboxylic acids is 9. The average molecular weight is 1480 g/mol. The smallest absolute Gasteiger partial charge is 0.336 e. The molecule has 29 heteroatoms. The van der Waals surface area contributed by atoms with E-state index in [-0.39, 0.29) is 204 Å². The fraction of sp³-hybridized carbons (Fsp3) is 0.316. The van der Waals surface area contributed by atoms with Crippen molar-refractivity contribution in [3.8, 4) is 40.2 Å². The molecule has 108 heavy (non-hydrogen) atoms. The van der Waals surface area contributed by atoms with E-state index in [1.165, 1.54) is 91.0 Å². The van der Waals surface area contributed by atoms with E-state index in [0.717, 1.165) is 0 Å². The first kappa shape index (κ1) is 76.9. The van der Waals surface area contributed by atoms with Crippen molar-refractivity contribution in [1.82, 2.24) is 62.1 Å². The van der Waals surface area contributed by atoms with Gasteiger partial charge in [-0.25, -0.2) is 4.79 Å². The number of para-hydroxylation sites is 4. The molecule has 14 N–H and O–H groups in total. The number of hydrogen-bond donors (Lipinski definition) is 14. The average Bonchev–Trinajstić information content (AvgIpc) is 0.747. The molecule has 0 radical (unpaired) electrons. The van der Waals surface area contributed by atoms with Crippen molar-refractivity contribution in [1.29, 1.82) is 0 Å². The summed E-state index contributed by atoms with van der Waals surface area (Å²) >= 11 is 0. The van der Waals surface area contributed by atoms with E-state index < -0.39 is 82.3 Å². The molecule has 0 saturated heterocycles. The van der Waals surface area contributed by atoms with Gasteiger partial charge in [0.1, 0.15) is 40.2 Å². The number of Topliss-reactive ketones (excluding diaryl/α,β-unsaturated/α-hetero) is 1. The van der Waals surface area contributed by atoms with E-state index in [1.807, 2.05) is 19.6 Å². The van der Waals surface area contributed by atoms with Crippen LogP contribution in [-0.4, -0.2) is 240 Å². The molecular weight excluding hydrogens is 1390 g/mol. The first-order valence-electron chi connectivity index (χ1n) is 35.8. The number of aromatic carboxylic acids is 1. The number of hydrogen-bond acceptors (Lipinski definition) is 20. The van der Waals surface area contributed by atoms with Crippen molar-refractivity contribution in [2.45, 2.75) is 38.1 Å². The summed E-state index contributed by atoms with van der Waals surface area (Å²) in [6.07, 6.45) is 1.36. The summed E-state index contributed by atoms with van der Waals surface area (Å²) in [5.74, 6) is -8.97. The Morgan fingerprint density at radius 3 is 1.19 bits per heavy atom. The highest BCUT2D eigenvalue weighted by molar-refractivity contribution is 6.08. The Kier molecular flexibility index (Phi) is 25.5. The van der Waals surface area contributed by atoms with Crippen LogP contribution in [0.4, 0.5) is 0 Å². The Bertz CT molecular complexity index is 4670. The molecule has 5 aliphatic rings. The Morgan fingerprint density at radius 2 is 0.778 bits per heavy atom. The third-order valence-corrected chi connectivity index (χ3v) is 19.4. The number of phenolic OH excluding ortho intramolecular Hbond substituents is 5. The van der Waals surface area contributed by atoms with Crippen LogP contribution < -0.4 is 57.7 Å². The van der Waals surface area contributed by atoms with Crippen molar-refractivity contribution < 1.29 is 83.3 Å². The van der Waals surface area contributed by atoms with Crippen LogP contribution in [0.3, 0.4) is 0 Å². The first-order chi connectivity index (χ1) is 52.1. The lowest BCUT2D eigenvalue weighted by Crippen LogP contribution is -2.49. The maximum atomic E-state index is 14.8. The van der Waals surface area contributed by atoms with Crippen molar-refractivity contribution in [3.05, 3.63) is 205 Å². The summed E-state index contributed by atoms with van der Waals surface area (Å²) in [4.78, 5) is 148.